The molecule has 0 saturated carbocycles. The zero-order valence-corrected chi connectivity index (χ0v) is 4.95. The summed E-state index contributed by atoms with van der Waals surface area (Å²) in [6.07, 6.45) is -0.655. The van der Waals surface area contributed by atoms with Crippen molar-refractivity contribution in [3.8, 4) is 11.8 Å². The highest BCUT2D eigenvalue weighted by atomic mass is 19.3. The lowest BCUT2D eigenvalue weighted by molar-refractivity contribution is -0.111. The number of hydrogen-bond acceptors (Lipinski definition) is 1. The number of hydrogen-bond donors (Lipinski definition) is 0. The highest BCUT2D eigenvalue weighted by Crippen LogP contribution is 2.14. The van der Waals surface area contributed by atoms with Crippen molar-refractivity contribution in [1.29, 1.82) is 0 Å². The van der Waals surface area contributed by atoms with Gasteiger partial charge in [-0.15, -0.1) is 5.92 Å². The van der Waals surface area contributed by atoms with Gasteiger partial charge in [-0.25, -0.2) is 0 Å². The van der Waals surface area contributed by atoms with Gasteiger partial charge in [0.2, 0.25) is 0 Å². The van der Waals surface area contributed by atoms with Gasteiger partial charge in [0.05, 0.1) is 6.42 Å². The Balaban J connectivity index is 3.95. The second kappa shape index (κ2) is 3.18. The zero-order valence-electron chi connectivity index (χ0n) is 4.95. The summed E-state index contributed by atoms with van der Waals surface area (Å²) in [5.41, 5.74) is 0. The highest BCUT2D eigenvalue weighted by Gasteiger charge is 2.24. The number of halogens is 2. The predicted molar refractivity (Wildman–Crippen MR) is 29.1 cm³/mol. The van der Waals surface area contributed by atoms with Crippen molar-refractivity contribution in [1.82, 2.24) is 0 Å². The molecule has 0 bridgehead atoms. The minimum absolute atomic E-state index is 0.157. The van der Waals surface area contributed by atoms with Crippen molar-refractivity contribution in [2.75, 3.05) is 0 Å². The number of carbonyl (C=O) groups excluding carboxylic acids is 1. The molecule has 0 spiro atoms. The smallest absolute Gasteiger partial charge is 0.303 e. The van der Waals surface area contributed by atoms with E-state index in [1.54, 1.807) is 5.92 Å². The lowest BCUT2D eigenvalue weighted by Gasteiger charge is -2.01. The van der Waals surface area contributed by atoms with Gasteiger partial charge in [-0.2, -0.15) is 8.78 Å². The molecule has 0 saturated heterocycles. The van der Waals surface area contributed by atoms with Crippen molar-refractivity contribution in [2.24, 2.45) is 0 Å². The Bertz CT molecular complexity index is 152. The molecule has 0 aliphatic heterocycles. The Morgan fingerprint density at radius 1 is 1.67 bits per heavy atom. The Kier molecular flexibility index (Phi) is 2.86. The molecule has 0 rings (SSSR count). The largest absolute Gasteiger partial charge is 0.314 e. The van der Waals surface area contributed by atoms with Gasteiger partial charge in [-0.05, 0) is 12.8 Å². The fourth-order valence-electron chi connectivity index (χ4n) is 0.339. The van der Waals surface area contributed by atoms with Crippen molar-refractivity contribution in [3.05, 3.63) is 0 Å². The van der Waals surface area contributed by atoms with Crippen LogP contribution in [-0.2, 0) is 4.79 Å². The van der Waals surface area contributed by atoms with Crippen LogP contribution in [0.4, 0.5) is 8.78 Å². The SMILES string of the molecule is CC#CC(F)(F)CC=O. The van der Waals surface area contributed by atoms with Crippen LogP contribution in [0.1, 0.15) is 13.3 Å². The molecule has 50 valence electrons. The van der Waals surface area contributed by atoms with E-state index >= 15 is 0 Å². The molecule has 1 nitrogen and oxygen atoms in total. The monoisotopic (exact) mass is 132 g/mol. The maximum atomic E-state index is 12.0. The van der Waals surface area contributed by atoms with E-state index in [0.29, 0.717) is 0 Å². The molecule has 0 unspecified atom stereocenters. The van der Waals surface area contributed by atoms with Gasteiger partial charge >= 0.3 is 5.92 Å². The third kappa shape index (κ3) is 3.65. The molecule has 0 radical (unpaired) electrons. The van der Waals surface area contributed by atoms with E-state index < -0.39 is 12.3 Å². The average Bonchev–Trinajstić information content (AvgIpc) is 1.64. The molecule has 9 heavy (non-hydrogen) atoms. The van der Waals surface area contributed by atoms with Gasteiger partial charge in [0.25, 0.3) is 0 Å². The highest BCUT2D eigenvalue weighted by molar-refractivity contribution is 5.52. The van der Waals surface area contributed by atoms with Crippen molar-refractivity contribution < 1.29 is 13.6 Å². The molecule has 0 aromatic rings. The molecular formula is C6H6F2O. The van der Waals surface area contributed by atoms with E-state index in [1.807, 2.05) is 5.92 Å². The Hall–Kier alpha value is -0.910. The molecule has 0 aromatic carbocycles. The van der Waals surface area contributed by atoms with E-state index in [2.05, 4.69) is 0 Å². The summed E-state index contributed by atoms with van der Waals surface area (Å²) in [5, 5.41) is 0. The first-order valence-corrected chi connectivity index (χ1v) is 2.38. The lowest BCUT2D eigenvalue weighted by atomic mass is 10.3. The Labute approximate surface area is 52.1 Å². The summed E-state index contributed by atoms with van der Waals surface area (Å²) >= 11 is 0. The first-order valence-electron chi connectivity index (χ1n) is 2.38. The van der Waals surface area contributed by atoms with E-state index in [1.165, 1.54) is 6.92 Å². The molecule has 0 aliphatic carbocycles. The lowest BCUT2D eigenvalue weighted by Crippen LogP contribution is -2.12. The van der Waals surface area contributed by atoms with Crippen LogP contribution >= 0.6 is 0 Å². The Morgan fingerprint density at radius 2 is 2.22 bits per heavy atom. The van der Waals surface area contributed by atoms with E-state index in [-0.39, 0.29) is 6.29 Å². The van der Waals surface area contributed by atoms with Crippen LogP contribution in [0.3, 0.4) is 0 Å². The maximum Gasteiger partial charge on any atom is 0.314 e. The van der Waals surface area contributed by atoms with Gasteiger partial charge in [0, 0.05) is 0 Å². The normalized spacial score (nSPS) is 9.67. The van der Waals surface area contributed by atoms with Crippen molar-refractivity contribution in [3.63, 3.8) is 0 Å². The number of rotatable bonds is 2. The number of carbonyl (C=O) groups is 1. The predicted octanol–water partition coefficient (Wildman–Crippen LogP) is 1.23. The van der Waals surface area contributed by atoms with Gasteiger partial charge < -0.3 is 4.79 Å². The van der Waals surface area contributed by atoms with E-state index in [0.717, 1.165) is 0 Å². The number of alkyl halides is 2. The molecule has 0 fully saturated rings. The van der Waals surface area contributed by atoms with Crippen LogP contribution in [0.2, 0.25) is 0 Å². The summed E-state index contributed by atoms with van der Waals surface area (Å²) in [6, 6.07) is 0. The fraction of sp³-hybridized carbons (Fsp3) is 0.500. The van der Waals surface area contributed by atoms with Crippen LogP contribution in [0.5, 0.6) is 0 Å². The van der Waals surface area contributed by atoms with Crippen LogP contribution < -0.4 is 0 Å². The Morgan fingerprint density at radius 3 is 2.56 bits per heavy atom. The van der Waals surface area contributed by atoms with Crippen LogP contribution in [0.25, 0.3) is 0 Å². The second-order valence-electron chi connectivity index (χ2n) is 1.45. The van der Waals surface area contributed by atoms with E-state index in [4.69, 9.17) is 0 Å². The summed E-state index contributed by atoms with van der Waals surface area (Å²) < 4.78 is 24.0. The quantitative estimate of drug-likeness (QED) is 0.408. The summed E-state index contributed by atoms with van der Waals surface area (Å²) in [5.74, 6) is 0.514. The summed E-state index contributed by atoms with van der Waals surface area (Å²) in [6.45, 7) is 1.30. The summed E-state index contributed by atoms with van der Waals surface area (Å²) in [7, 11) is 0. The van der Waals surface area contributed by atoms with E-state index in [9.17, 15) is 13.6 Å². The third-order valence-corrected chi connectivity index (χ3v) is 0.648. The van der Waals surface area contributed by atoms with Gasteiger partial charge in [0.1, 0.15) is 6.29 Å². The van der Waals surface area contributed by atoms with Crippen LogP contribution in [-0.4, -0.2) is 12.2 Å². The first-order chi connectivity index (χ1) is 4.12. The molecule has 0 aliphatic rings. The molecule has 0 atom stereocenters. The van der Waals surface area contributed by atoms with Crippen LogP contribution in [0, 0.1) is 11.8 Å². The minimum Gasteiger partial charge on any atom is -0.303 e. The summed E-state index contributed by atoms with van der Waals surface area (Å²) in [4.78, 5) is 9.55. The topological polar surface area (TPSA) is 17.1 Å². The molecule has 0 aromatic heterocycles. The zero-order chi connectivity index (χ0) is 7.33. The third-order valence-electron chi connectivity index (χ3n) is 0.648. The van der Waals surface area contributed by atoms with Crippen LogP contribution in [0.15, 0.2) is 0 Å². The number of aldehydes is 1. The molecule has 0 heterocycles. The molecule has 3 heteroatoms. The van der Waals surface area contributed by atoms with Gasteiger partial charge in [0.15, 0.2) is 0 Å². The minimum atomic E-state index is -3.13. The molecule has 0 N–H and O–H groups in total. The molecular weight excluding hydrogens is 126 g/mol. The van der Waals surface area contributed by atoms with Gasteiger partial charge in [-0.1, -0.05) is 0 Å². The first kappa shape index (κ1) is 8.09. The van der Waals surface area contributed by atoms with Crippen molar-refractivity contribution in [2.45, 2.75) is 19.3 Å². The average molecular weight is 132 g/mol. The standard InChI is InChI=1S/C6H6F2O/c1-2-3-6(7,8)4-5-9/h5H,4H2,1H3. The maximum absolute atomic E-state index is 12.0. The fourth-order valence-corrected chi connectivity index (χ4v) is 0.339. The molecule has 0 amide bonds. The second-order valence-corrected chi connectivity index (χ2v) is 1.45. The van der Waals surface area contributed by atoms with Crippen molar-refractivity contribution >= 4 is 6.29 Å². The van der Waals surface area contributed by atoms with Gasteiger partial charge in [-0.3, -0.25) is 0 Å².